The van der Waals surface area contributed by atoms with Gasteiger partial charge in [0.2, 0.25) is 0 Å². The van der Waals surface area contributed by atoms with Crippen molar-refractivity contribution in [1.82, 2.24) is 15.2 Å². The third-order valence-corrected chi connectivity index (χ3v) is 4.25. The molecule has 1 amide bonds. The molecule has 5 heteroatoms. The lowest BCUT2D eigenvalue weighted by atomic mass is 10.0. The molecule has 0 saturated carbocycles. The first-order valence-corrected chi connectivity index (χ1v) is 6.63. The van der Waals surface area contributed by atoms with E-state index >= 15 is 0 Å². The van der Waals surface area contributed by atoms with Gasteiger partial charge >= 0.3 is 0 Å². The van der Waals surface area contributed by atoms with Gasteiger partial charge in [-0.15, -0.1) is 11.3 Å². The van der Waals surface area contributed by atoms with Gasteiger partial charge in [-0.1, -0.05) is 0 Å². The first-order valence-electron chi connectivity index (χ1n) is 5.69. The second kappa shape index (κ2) is 3.82. The zero-order valence-electron chi connectivity index (χ0n) is 9.22. The van der Waals surface area contributed by atoms with Crippen LogP contribution in [0.15, 0.2) is 10.9 Å². The van der Waals surface area contributed by atoms with Gasteiger partial charge in [0.1, 0.15) is 5.69 Å². The Morgan fingerprint density at radius 2 is 2.50 bits per heavy atom. The molecule has 0 aliphatic carbocycles. The Labute approximate surface area is 98.7 Å². The molecule has 3 heterocycles. The Hall–Kier alpha value is -0.940. The van der Waals surface area contributed by atoms with Crippen molar-refractivity contribution in [2.45, 2.75) is 25.4 Å². The van der Waals surface area contributed by atoms with E-state index in [0.717, 1.165) is 19.5 Å². The summed E-state index contributed by atoms with van der Waals surface area (Å²) in [6.45, 7) is 4.13. The van der Waals surface area contributed by atoms with Gasteiger partial charge in [-0.2, -0.15) is 0 Å². The molecule has 1 N–H and O–H groups in total. The summed E-state index contributed by atoms with van der Waals surface area (Å²) in [6.07, 6.45) is 1.12. The summed E-state index contributed by atoms with van der Waals surface area (Å²) >= 11 is 1.48. The van der Waals surface area contributed by atoms with Gasteiger partial charge < -0.3 is 10.2 Å². The van der Waals surface area contributed by atoms with E-state index in [0.29, 0.717) is 23.7 Å². The molecule has 0 aromatic carbocycles. The Morgan fingerprint density at radius 3 is 3.25 bits per heavy atom. The molecule has 4 nitrogen and oxygen atoms in total. The van der Waals surface area contributed by atoms with Crippen LogP contribution in [0, 0.1) is 5.92 Å². The number of rotatable bonds is 1. The van der Waals surface area contributed by atoms with Crippen molar-refractivity contribution in [3.05, 3.63) is 16.6 Å². The Balaban J connectivity index is 1.86. The molecule has 0 radical (unpaired) electrons. The number of amides is 1. The van der Waals surface area contributed by atoms with E-state index in [1.165, 1.54) is 11.3 Å². The summed E-state index contributed by atoms with van der Waals surface area (Å²) in [4.78, 5) is 18.4. The third-order valence-electron chi connectivity index (χ3n) is 3.67. The predicted octanol–water partition coefficient (Wildman–Crippen LogP) is 0.965. The van der Waals surface area contributed by atoms with Crippen molar-refractivity contribution in [2.24, 2.45) is 5.92 Å². The summed E-state index contributed by atoms with van der Waals surface area (Å²) in [7, 11) is 0. The molecule has 0 bridgehead atoms. The van der Waals surface area contributed by atoms with E-state index in [4.69, 9.17) is 0 Å². The number of aromatic nitrogens is 1. The van der Waals surface area contributed by atoms with E-state index in [9.17, 15) is 4.79 Å². The average Bonchev–Trinajstić information content (AvgIpc) is 2.89. The van der Waals surface area contributed by atoms with Crippen LogP contribution in [0.4, 0.5) is 0 Å². The van der Waals surface area contributed by atoms with Crippen LogP contribution >= 0.6 is 11.3 Å². The maximum absolute atomic E-state index is 12.3. The van der Waals surface area contributed by atoms with Crippen molar-refractivity contribution < 1.29 is 4.79 Å². The molecule has 2 aliphatic rings. The topological polar surface area (TPSA) is 45.2 Å². The second-order valence-electron chi connectivity index (χ2n) is 4.66. The fourth-order valence-electron chi connectivity index (χ4n) is 2.96. The number of nitrogens with zero attached hydrogens (tertiary/aromatic N) is 2. The fourth-order valence-corrected chi connectivity index (χ4v) is 3.49. The highest BCUT2D eigenvalue weighted by Crippen LogP contribution is 2.33. The lowest BCUT2D eigenvalue weighted by Crippen LogP contribution is -2.42. The zero-order chi connectivity index (χ0) is 11.1. The minimum Gasteiger partial charge on any atom is -0.330 e. The first-order chi connectivity index (χ1) is 7.77. The summed E-state index contributed by atoms with van der Waals surface area (Å²) in [5.74, 6) is 0.738. The van der Waals surface area contributed by atoms with Crippen molar-refractivity contribution >= 4 is 17.2 Å². The highest BCUT2D eigenvalue weighted by atomic mass is 32.1. The molecule has 3 atom stereocenters. The molecule has 16 heavy (non-hydrogen) atoms. The highest BCUT2D eigenvalue weighted by Gasteiger charge is 2.44. The SMILES string of the molecule is CC1CC2CNCC2N1C(=O)c1cscn1. The molecule has 1 aromatic rings. The number of carbonyl (C=O) groups is 1. The minimum absolute atomic E-state index is 0.102. The Kier molecular flexibility index (Phi) is 2.44. The van der Waals surface area contributed by atoms with Crippen molar-refractivity contribution in [2.75, 3.05) is 13.1 Å². The summed E-state index contributed by atoms with van der Waals surface area (Å²) < 4.78 is 0. The standard InChI is InChI=1S/C11H15N3OS/c1-7-2-8-3-12-4-10(8)14(7)11(15)9-5-16-6-13-9/h5-8,10,12H,2-4H2,1H3. The van der Waals surface area contributed by atoms with Gasteiger partial charge in [-0.05, 0) is 19.3 Å². The molecule has 0 spiro atoms. The third kappa shape index (κ3) is 1.46. The van der Waals surface area contributed by atoms with Crippen LogP contribution in [0.3, 0.4) is 0 Å². The monoisotopic (exact) mass is 237 g/mol. The van der Waals surface area contributed by atoms with Crippen LogP contribution in [-0.2, 0) is 0 Å². The van der Waals surface area contributed by atoms with Gasteiger partial charge in [0, 0.05) is 30.6 Å². The maximum atomic E-state index is 12.3. The smallest absolute Gasteiger partial charge is 0.273 e. The molecule has 2 saturated heterocycles. The predicted molar refractivity (Wildman–Crippen MR) is 62.5 cm³/mol. The average molecular weight is 237 g/mol. The maximum Gasteiger partial charge on any atom is 0.273 e. The zero-order valence-corrected chi connectivity index (χ0v) is 10.0. The molecular weight excluding hydrogens is 222 g/mol. The van der Waals surface area contributed by atoms with Crippen LogP contribution in [0.1, 0.15) is 23.8 Å². The van der Waals surface area contributed by atoms with Crippen molar-refractivity contribution in [1.29, 1.82) is 0 Å². The van der Waals surface area contributed by atoms with Gasteiger partial charge in [0.05, 0.1) is 5.51 Å². The number of hydrogen-bond donors (Lipinski definition) is 1. The Bertz CT molecular complexity index is 392. The Morgan fingerprint density at radius 1 is 1.62 bits per heavy atom. The van der Waals surface area contributed by atoms with Crippen LogP contribution in [0.2, 0.25) is 0 Å². The molecular formula is C11H15N3OS. The minimum atomic E-state index is 0.102. The largest absolute Gasteiger partial charge is 0.330 e. The van der Waals surface area contributed by atoms with E-state index in [1.54, 1.807) is 5.51 Å². The van der Waals surface area contributed by atoms with E-state index in [2.05, 4.69) is 17.2 Å². The lowest BCUT2D eigenvalue weighted by Gasteiger charge is -2.26. The van der Waals surface area contributed by atoms with Crippen molar-refractivity contribution in [3.63, 3.8) is 0 Å². The molecule has 3 rings (SSSR count). The molecule has 2 aliphatic heterocycles. The van der Waals surface area contributed by atoms with Crippen LogP contribution in [0.5, 0.6) is 0 Å². The first kappa shape index (κ1) is 10.2. The number of nitrogens with one attached hydrogen (secondary N) is 1. The van der Waals surface area contributed by atoms with Gasteiger partial charge in [-0.3, -0.25) is 4.79 Å². The van der Waals surface area contributed by atoms with Crippen LogP contribution in [-0.4, -0.2) is 41.0 Å². The van der Waals surface area contributed by atoms with Gasteiger partial charge in [-0.25, -0.2) is 4.98 Å². The number of carbonyl (C=O) groups excluding carboxylic acids is 1. The quantitative estimate of drug-likeness (QED) is 0.791. The molecule has 1 aromatic heterocycles. The second-order valence-corrected chi connectivity index (χ2v) is 5.38. The van der Waals surface area contributed by atoms with Crippen LogP contribution < -0.4 is 5.32 Å². The fraction of sp³-hybridized carbons (Fsp3) is 0.636. The van der Waals surface area contributed by atoms with Gasteiger partial charge in [0.25, 0.3) is 5.91 Å². The molecule has 2 fully saturated rings. The summed E-state index contributed by atoms with van der Waals surface area (Å²) in [6, 6.07) is 0.732. The lowest BCUT2D eigenvalue weighted by molar-refractivity contribution is 0.0677. The molecule has 86 valence electrons. The van der Waals surface area contributed by atoms with Gasteiger partial charge in [0.15, 0.2) is 0 Å². The van der Waals surface area contributed by atoms with E-state index in [-0.39, 0.29) is 5.91 Å². The van der Waals surface area contributed by atoms with Crippen molar-refractivity contribution in [3.8, 4) is 0 Å². The van der Waals surface area contributed by atoms with E-state index < -0.39 is 0 Å². The normalized spacial score (nSPS) is 33.1. The van der Waals surface area contributed by atoms with Crippen LogP contribution in [0.25, 0.3) is 0 Å². The number of thiazole rings is 1. The number of hydrogen-bond acceptors (Lipinski definition) is 4. The highest BCUT2D eigenvalue weighted by molar-refractivity contribution is 7.07. The number of likely N-dealkylation sites (tertiary alicyclic amines) is 1. The number of fused-ring (bicyclic) bond motifs is 1. The molecule has 3 unspecified atom stereocenters. The summed E-state index contributed by atoms with van der Waals surface area (Å²) in [5, 5.41) is 5.20. The van der Waals surface area contributed by atoms with E-state index in [1.807, 2.05) is 10.3 Å². The summed E-state index contributed by atoms with van der Waals surface area (Å²) in [5.41, 5.74) is 2.32.